The van der Waals surface area contributed by atoms with Crippen molar-refractivity contribution >= 4 is 0 Å². The molecule has 2 rings (SSSR count). The number of hydrogen-bond donors (Lipinski definition) is 0. The molecule has 32 heavy (non-hydrogen) atoms. The summed E-state index contributed by atoms with van der Waals surface area (Å²) in [4.78, 5) is 16.6. The van der Waals surface area contributed by atoms with Crippen LogP contribution in [-0.4, -0.2) is 77.0 Å². The molecule has 170 valence electrons. The third-order valence-electron chi connectivity index (χ3n) is 5.26. The molecule has 0 aliphatic rings. The van der Waals surface area contributed by atoms with Gasteiger partial charge < -0.3 is 0 Å². The molecule has 0 amide bonds. The topological polar surface area (TPSA) is 35.5 Å². The molecular weight excluding hydrogens is 394 g/mol. The molecule has 0 saturated heterocycles. The second kappa shape index (κ2) is 15.0. The van der Waals surface area contributed by atoms with Gasteiger partial charge in [0.2, 0.25) is 0 Å². The van der Waals surface area contributed by atoms with E-state index in [1.54, 1.807) is 0 Å². The molecule has 2 heterocycles. The summed E-state index contributed by atoms with van der Waals surface area (Å²) in [6.07, 6.45) is 11.5. The Hall–Kier alpha value is -2.86. The minimum absolute atomic E-state index is 0.0268. The highest BCUT2D eigenvalue weighted by Gasteiger charge is 2.25. The van der Waals surface area contributed by atoms with Crippen molar-refractivity contribution in [2.75, 3.05) is 52.4 Å². The first-order chi connectivity index (χ1) is 15.7. The van der Waals surface area contributed by atoms with Gasteiger partial charge in [-0.05, 0) is 24.3 Å². The Labute approximate surface area is 194 Å². The van der Waals surface area contributed by atoms with E-state index >= 15 is 0 Å². The first-order valence-corrected chi connectivity index (χ1v) is 11.2. The van der Waals surface area contributed by atoms with Crippen LogP contribution in [-0.2, 0) is 0 Å². The molecule has 0 bridgehead atoms. The van der Waals surface area contributed by atoms with Crippen LogP contribution in [0.2, 0.25) is 0 Å². The molecule has 5 nitrogen and oxygen atoms in total. The second-order valence-corrected chi connectivity index (χ2v) is 7.62. The van der Waals surface area contributed by atoms with Gasteiger partial charge in [0, 0.05) is 64.8 Å². The van der Waals surface area contributed by atoms with Crippen molar-refractivity contribution in [1.29, 1.82) is 0 Å². The van der Waals surface area contributed by atoms with Gasteiger partial charge in [0.05, 0.1) is 17.4 Å². The Kier molecular flexibility index (Phi) is 11.9. The summed E-state index contributed by atoms with van der Waals surface area (Å²) in [6, 6.07) is 12.1. The zero-order chi connectivity index (χ0) is 23.0. The molecule has 0 atom stereocenters. The summed E-state index contributed by atoms with van der Waals surface area (Å²) in [5, 5.41) is 0. The van der Waals surface area contributed by atoms with Crippen molar-refractivity contribution < 1.29 is 0 Å². The average molecular weight is 432 g/mol. The fourth-order valence-corrected chi connectivity index (χ4v) is 3.76. The highest BCUT2D eigenvalue weighted by atomic mass is 15.2. The molecule has 5 heteroatoms. The lowest BCUT2D eigenvalue weighted by molar-refractivity contribution is 0.164. The van der Waals surface area contributed by atoms with E-state index in [1.807, 2.05) is 61.0 Å². The summed E-state index contributed by atoms with van der Waals surface area (Å²) in [5.41, 5.74) is 2.01. The van der Waals surface area contributed by atoms with Gasteiger partial charge >= 0.3 is 0 Å². The number of pyridine rings is 2. The predicted molar refractivity (Wildman–Crippen MR) is 136 cm³/mol. The van der Waals surface area contributed by atoms with Crippen LogP contribution in [0.25, 0.3) is 0 Å². The van der Waals surface area contributed by atoms with Crippen molar-refractivity contribution in [2.24, 2.45) is 0 Å². The minimum Gasteiger partial charge on any atom is -0.295 e. The van der Waals surface area contributed by atoms with E-state index in [0.29, 0.717) is 0 Å². The maximum atomic E-state index is 4.70. The van der Waals surface area contributed by atoms with Crippen LogP contribution in [0.1, 0.15) is 17.4 Å². The molecule has 0 aromatic carbocycles. The minimum atomic E-state index is -0.0268. The van der Waals surface area contributed by atoms with Crippen molar-refractivity contribution in [1.82, 2.24) is 24.7 Å². The maximum absolute atomic E-state index is 4.70. The van der Waals surface area contributed by atoms with Gasteiger partial charge in [-0.25, -0.2) is 0 Å². The monoisotopic (exact) mass is 431 g/mol. The van der Waals surface area contributed by atoms with Gasteiger partial charge in [-0.2, -0.15) is 0 Å². The van der Waals surface area contributed by atoms with Crippen LogP contribution in [0.5, 0.6) is 0 Å². The molecule has 2 aromatic rings. The number of aromatic nitrogens is 2. The highest BCUT2D eigenvalue weighted by molar-refractivity contribution is 5.22. The first-order valence-electron chi connectivity index (χ1n) is 11.2. The zero-order valence-electron chi connectivity index (χ0n) is 19.2. The van der Waals surface area contributed by atoms with Gasteiger partial charge in [0.25, 0.3) is 0 Å². The van der Waals surface area contributed by atoms with Crippen molar-refractivity contribution in [3.8, 4) is 0 Å². The summed E-state index contributed by atoms with van der Waals surface area (Å²) in [5.74, 6) is 0. The van der Waals surface area contributed by atoms with E-state index in [2.05, 4.69) is 53.1 Å². The molecule has 0 fully saturated rings. The smallest absolute Gasteiger partial charge is 0.0950 e. The van der Waals surface area contributed by atoms with E-state index < -0.39 is 0 Å². The third kappa shape index (κ3) is 8.35. The fraction of sp³-hybridized carbons (Fsp3) is 0.333. The van der Waals surface area contributed by atoms with E-state index in [1.165, 1.54) is 0 Å². The highest BCUT2D eigenvalue weighted by Crippen LogP contribution is 2.25. The van der Waals surface area contributed by atoms with E-state index in [9.17, 15) is 0 Å². The summed E-state index contributed by atoms with van der Waals surface area (Å²) in [6.45, 7) is 22.5. The average Bonchev–Trinajstić information content (AvgIpc) is 2.82. The van der Waals surface area contributed by atoms with Crippen molar-refractivity contribution in [3.05, 3.63) is 111 Å². The lowest BCUT2D eigenvalue weighted by Crippen LogP contribution is -2.42. The van der Waals surface area contributed by atoms with Crippen LogP contribution in [0.4, 0.5) is 0 Å². The van der Waals surface area contributed by atoms with Crippen LogP contribution >= 0.6 is 0 Å². The van der Waals surface area contributed by atoms with Crippen LogP contribution in [0.15, 0.2) is 99.4 Å². The summed E-state index contributed by atoms with van der Waals surface area (Å²) >= 11 is 0. The van der Waals surface area contributed by atoms with E-state index in [-0.39, 0.29) is 6.04 Å². The Morgan fingerprint density at radius 2 is 1.03 bits per heavy atom. The molecule has 0 N–H and O–H groups in total. The fourth-order valence-electron chi connectivity index (χ4n) is 3.76. The number of hydrogen-bond acceptors (Lipinski definition) is 5. The third-order valence-corrected chi connectivity index (χ3v) is 5.26. The quantitative estimate of drug-likeness (QED) is 0.351. The predicted octanol–water partition coefficient (Wildman–Crippen LogP) is 4.22. The Morgan fingerprint density at radius 1 is 0.625 bits per heavy atom. The Bertz CT molecular complexity index is 718. The Morgan fingerprint density at radius 3 is 1.34 bits per heavy atom. The SMILES string of the molecule is C=CCN(CC=C)CCN(CCN(CC=C)CC=C)C(c1ccccn1)c1ccccn1. The molecule has 0 saturated carbocycles. The van der Waals surface area contributed by atoms with Gasteiger partial charge in [0.15, 0.2) is 0 Å². The van der Waals surface area contributed by atoms with E-state index in [0.717, 1.165) is 63.7 Å². The van der Waals surface area contributed by atoms with Crippen LogP contribution in [0.3, 0.4) is 0 Å². The molecule has 0 spiro atoms. The second-order valence-electron chi connectivity index (χ2n) is 7.62. The van der Waals surface area contributed by atoms with Crippen molar-refractivity contribution in [3.63, 3.8) is 0 Å². The molecule has 2 aromatic heterocycles. The Balaban J connectivity index is 2.33. The largest absolute Gasteiger partial charge is 0.295 e. The van der Waals surface area contributed by atoms with E-state index in [4.69, 9.17) is 9.97 Å². The standard InChI is InChI=1S/C27H37N5/c1-5-17-30(18-6-2)21-23-32(24-22-31(19-7-3)20-8-4)27(25-13-9-11-15-28-25)26-14-10-12-16-29-26/h5-16,27H,1-4,17-24H2. The maximum Gasteiger partial charge on any atom is 0.0950 e. The normalized spacial score (nSPS) is 11.2. The molecule has 0 unspecified atom stereocenters. The first kappa shape index (κ1) is 25.4. The van der Waals surface area contributed by atoms with Gasteiger partial charge in [0.1, 0.15) is 0 Å². The van der Waals surface area contributed by atoms with Gasteiger partial charge in [-0.1, -0.05) is 36.4 Å². The van der Waals surface area contributed by atoms with Crippen LogP contribution < -0.4 is 0 Å². The van der Waals surface area contributed by atoms with Gasteiger partial charge in [-0.15, -0.1) is 26.3 Å². The van der Waals surface area contributed by atoms with Crippen molar-refractivity contribution in [2.45, 2.75) is 6.04 Å². The molecule has 0 aliphatic heterocycles. The van der Waals surface area contributed by atoms with Crippen LogP contribution in [0, 0.1) is 0 Å². The lowest BCUT2D eigenvalue weighted by Gasteiger charge is -2.34. The lowest BCUT2D eigenvalue weighted by atomic mass is 10.1. The number of nitrogens with zero attached hydrogens (tertiary/aromatic N) is 5. The van der Waals surface area contributed by atoms with Gasteiger partial charge in [-0.3, -0.25) is 24.7 Å². The molecular formula is C27H37N5. The summed E-state index contributed by atoms with van der Waals surface area (Å²) < 4.78 is 0. The molecule has 0 aliphatic carbocycles. The number of rotatable bonds is 17. The zero-order valence-corrected chi connectivity index (χ0v) is 19.2. The molecule has 0 radical (unpaired) electrons. The summed E-state index contributed by atoms with van der Waals surface area (Å²) in [7, 11) is 0.